The highest BCUT2D eigenvalue weighted by molar-refractivity contribution is 5.71. The van der Waals surface area contributed by atoms with E-state index in [1.807, 2.05) is 20.8 Å². The molecule has 0 aliphatic carbocycles. The number of halogens is 1. The Balaban J connectivity index is 1.83. The van der Waals surface area contributed by atoms with Gasteiger partial charge in [-0.1, -0.05) is 0 Å². The zero-order valence-corrected chi connectivity index (χ0v) is 11.9. The summed E-state index contributed by atoms with van der Waals surface area (Å²) in [4.78, 5) is 13.4. The number of nitrogens with two attached hydrogens (primary N) is 1. The smallest absolute Gasteiger partial charge is 0.410 e. The summed E-state index contributed by atoms with van der Waals surface area (Å²) in [6.45, 7) is 6.59. The van der Waals surface area contributed by atoms with Crippen molar-refractivity contribution in [3.8, 4) is 0 Å². The molecule has 1 amide bonds. The van der Waals surface area contributed by atoms with Crippen molar-refractivity contribution in [2.24, 2.45) is 0 Å². The minimum Gasteiger partial charge on any atom is -0.444 e. The molecule has 110 valence electrons. The van der Waals surface area contributed by atoms with Crippen LogP contribution in [-0.4, -0.2) is 35.7 Å². The first-order valence-corrected chi connectivity index (χ1v) is 6.54. The number of nitrogen functional groups attached to an aromatic ring is 1. The fourth-order valence-electron chi connectivity index (χ4n) is 1.93. The summed E-state index contributed by atoms with van der Waals surface area (Å²) in [5.41, 5.74) is 6.27. The van der Waals surface area contributed by atoms with Crippen molar-refractivity contribution in [2.45, 2.75) is 32.4 Å². The molecular formula is C14H20FN3O2. The molecule has 0 aromatic heterocycles. The maximum atomic E-state index is 12.9. The first kappa shape index (κ1) is 14.4. The van der Waals surface area contributed by atoms with E-state index in [0.29, 0.717) is 24.5 Å². The predicted octanol–water partition coefficient (Wildman–Crippen LogP) is 2.44. The number of likely N-dealkylation sites (tertiary alicyclic amines) is 1. The van der Waals surface area contributed by atoms with Gasteiger partial charge in [0.25, 0.3) is 0 Å². The van der Waals surface area contributed by atoms with Crippen molar-refractivity contribution in [1.29, 1.82) is 0 Å². The van der Waals surface area contributed by atoms with Gasteiger partial charge in [0.1, 0.15) is 11.4 Å². The van der Waals surface area contributed by atoms with Crippen molar-refractivity contribution < 1.29 is 13.9 Å². The summed E-state index contributed by atoms with van der Waals surface area (Å²) in [6, 6.07) is 4.33. The average Bonchev–Trinajstić information content (AvgIpc) is 2.22. The van der Waals surface area contributed by atoms with E-state index in [4.69, 9.17) is 10.5 Å². The van der Waals surface area contributed by atoms with Crippen LogP contribution in [0.15, 0.2) is 18.2 Å². The molecular weight excluding hydrogens is 261 g/mol. The number of hydrogen-bond acceptors (Lipinski definition) is 4. The first-order valence-electron chi connectivity index (χ1n) is 6.54. The number of carbonyl (C=O) groups excluding carboxylic acids is 1. The van der Waals surface area contributed by atoms with E-state index in [1.54, 1.807) is 11.0 Å². The van der Waals surface area contributed by atoms with Gasteiger partial charge in [0.05, 0.1) is 17.4 Å². The second kappa shape index (κ2) is 5.19. The van der Waals surface area contributed by atoms with Gasteiger partial charge in [-0.15, -0.1) is 0 Å². The fourth-order valence-corrected chi connectivity index (χ4v) is 1.93. The molecule has 2 rings (SSSR count). The van der Waals surface area contributed by atoms with Crippen molar-refractivity contribution in [2.75, 3.05) is 24.1 Å². The van der Waals surface area contributed by atoms with Crippen LogP contribution < -0.4 is 11.1 Å². The van der Waals surface area contributed by atoms with Crippen molar-refractivity contribution in [3.63, 3.8) is 0 Å². The zero-order valence-electron chi connectivity index (χ0n) is 11.9. The molecule has 1 aromatic carbocycles. The van der Waals surface area contributed by atoms with Crippen LogP contribution in [0.1, 0.15) is 20.8 Å². The van der Waals surface area contributed by atoms with Gasteiger partial charge in [-0.05, 0) is 39.0 Å². The lowest BCUT2D eigenvalue weighted by Gasteiger charge is -2.40. The number of nitrogens with one attached hydrogen (secondary N) is 1. The second-order valence-corrected chi connectivity index (χ2v) is 5.96. The van der Waals surface area contributed by atoms with Gasteiger partial charge in [0.15, 0.2) is 0 Å². The molecule has 20 heavy (non-hydrogen) atoms. The number of anilines is 2. The quantitative estimate of drug-likeness (QED) is 0.817. The summed E-state index contributed by atoms with van der Waals surface area (Å²) >= 11 is 0. The number of ether oxygens (including phenoxy) is 1. The van der Waals surface area contributed by atoms with E-state index in [9.17, 15) is 9.18 Å². The average molecular weight is 281 g/mol. The molecule has 1 aliphatic heterocycles. The standard InChI is InChI=1S/C14H20FN3O2/c1-14(2,3)20-13(19)18-7-10(8-18)17-12-5-4-9(15)6-11(12)16/h4-6,10,17H,7-8,16H2,1-3H3. The molecule has 0 saturated carbocycles. The van der Waals surface area contributed by atoms with Crippen molar-refractivity contribution in [3.05, 3.63) is 24.0 Å². The first-order chi connectivity index (χ1) is 9.24. The van der Waals surface area contributed by atoms with Crippen LogP contribution in [0.25, 0.3) is 0 Å². The monoisotopic (exact) mass is 281 g/mol. The molecule has 0 radical (unpaired) electrons. The van der Waals surface area contributed by atoms with E-state index >= 15 is 0 Å². The molecule has 0 unspecified atom stereocenters. The minimum atomic E-state index is -0.489. The number of hydrogen-bond donors (Lipinski definition) is 2. The van der Waals surface area contributed by atoms with Crippen molar-refractivity contribution >= 4 is 17.5 Å². The van der Waals surface area contributed by atoms with Gasteiger partial charge in [-0.25, -0.2) is 9.18 Å². The van der Waals surface area contributed by atoms with Crippen LogP contribution in [0.5, 0.6) is 0 Å². The second-order valence-electron chi connectivity index (χ2n) is 5.96. The lowest BCUT2D eigenvalue weighted by atomic mass is 10.1. The number of carbonyl (C=O) groups is 1. The maximum absolute atomic E-state index is 12.9. The Morgan fingerprint density at radius 2 is 2.10 bits per heavy atom. The summed E-state index contributed by atoms with van der Waals surface area (Å²) in [5.74, 6) is -0.364. The largest absolute Gasteiger partial charge is 0.444 e. The van der Waals surface area contributed by atoms with Crippen LogP contribution in [0.2, 0.25) is 0 Å². The molecule has 3 N–H and O–H groups in total. The highest BCUT2D eigenvalue weighted by atomic mass is 19.1. The Morgan fingerprint density at radius 3 is 2.65 bits per heavy atom. The number of amides is 1. The lowest BCUT2D eigenvalue weighted by molar-refractivity contribution is 0.0105. The highest BCUT2D eigenvalue weighted by Gasteiger charge is 2.33. The normalized spacial score (nSPS) is 15.7. The third kappa shape index (κ3) is 3.53. The van der Waals surface area contributed by atoms with Crippen LogP contribution in [-0.2, 0) is 4.74 Å². The van der Waals surface area contributed by atoms with Crippen LogP contribution in [0, 0.1) is 5.82 Å². The van der Waals surface area contributed by atoms with Crippen LogP contribution in [0.3, 0.4) is 0 Å². The number of rotatable bonds is 2. The van der Waals surface area contributed by atoms with Crippen molar-refractivity contribution in [1.82, 2.24) is 4.90 Å². The lowest BCUT2D eigenvalue weighted by Crippen LogP contribution is -2.57. The fraction of sp³-hybridized carbons (Fsp3) is 0.500. The molecule has 0 atom stereocenters. The predicted molar refractivity (Wildman–Crippen MR) is 76.0 cm³/mol. The Hall–Kier alpha value is -1.98. The zero-order chi connectivity index (χ0) is 14.9. The molecule has 5 nitrogen and oxygen atoms in total. The summed E-state index contributed by atoms with van der Waals surface area (Å²) in [7, 11) is 0. The van der Waals surface area contributed by atoms with Gasteiger partial charge < -0.3 is 20.7 Å². The van der Waals surface area contributed by atoms with Gasteiger partial charge in [-0.2, -0.15) is 0 Å². The Morgan fingerprint density at radius 1 is 1.45 bits per heavy atom. The highest BCUT2D eigenvalue weighted by Crippen LogP contribution is 2.23. The van der Waals surface area contributed by atoms with E-state index in [1.165, 1.54) is 12.1 Å². The maximum Gasteiger partial charge on any atom is 0.410 e. The van der Waals surface area contributed by atoms with E-state index < -0.39 is 5.60 Å². The molecule has 1 saturated heterocycles. The van der Waals surface area contributed by atoms with E-state index in [-0.39, 0.29) is 18.0 Å². The third-order valence-electron chi connectivity index (χ3n) is 2.91. The summed E-state index contributed by atoms with van der Waals surface area (Å²) in [5, 5.41) is 3.18. The molecule has 6 heteroatoms. The van der Waals surface area contributed by atoms with Crippen LogP contribution >= 0.6 is 0 Å². The van der Waals surface area contributed by atoms with Crippen LogP contribution in [0.4, 0.5) is 20.6 Å². The van der Waals surface area contributed by atoms with E-state index in [2.05, 4.69) is 5.32 Å². The summed E-state index contributed by atoms with van der Waals surface area (Å²) in [6.07, 6.45) is -0.317. The van der Waals surface area contributed by atoms with Gasteiger partial charge in [0.2, 0.25) is 0 Å². The molecule has 1 aliphatic rings. The molecule has 1 heterocycles. The topological polar surface area (TPSA) is 67.6 Å². The van der Waals surface area contributed by atoms with E-state index in [0.717, 1.165) is 0 Å². The minimum absolute atomic E-state index is 0.107. The number of nitrogens with zero attached hydrogens (tertiary/aromatic N) is 1. The Kier molecular flexibility index (Phi) is 3.74. The Bertz CT molecular complexity index is 508. The number of benzene rings is 1. The van der Waals surface area contributed by atoms with Gasteiger partial charge in [-0.3, -0.25) is 0 Å². The molecule has 1 aromatic rings. The molecule has 1 fully saturated rings. The molecule has 0 bridgehead atoms. The van der Waals surface area contributed by atoms with Gasteiger partial charge in [0, 0.05) is 13.1 Å². The SMILES string of the molecule is CC(C)(C)OC(=O)N1CC(Nc2ccc(F)cc2N)C1. The van der Waals surface area contributed by atoms with Gasteiger partial charge >= 0.3 is 6.09 Å². The third-order valence-corrected chi connectivity index (χ3v) is 2.91. The Labute approximate surface area is 117 Å². The molecule has 0 spiro atoms. The summed E-state index contributed by atoms with van der Waals surface area (Å²) < 4.78 is 18.2.